The largest absolute Gasteiger partial charge is 0.481 e. The number of nitrogens with one attached hydrogen (secondary N) is 3. The Bertz CT molecular complexity index is 1240. The van der Waals surface area contributed by atoms with Gasteiger partial charge in [0.1, 0.15) is 5.52 Å². The molecule has 1 aliphatic heterocycles. The molecule has 0 saturated heterocycles. The van der Waals surface area contributed by atoms with E-state index in [1.807, 2.05) is 12.3 Å². The van der Waals surface area contributed by atoms with E-state index in [-0.39, 0.29) is 18.1 Å². The highest BCUT2D eigenvalue weighted by Crippen LogP contribution is 2.31. The highest BCUT2D eigenvalue weighted by Gasteiger charge is 2.23. The van der Waals surface area contributed by atoms with Crippen molar-refractivity contribution in [2.45, 2.75) is 49.3 Å². The average Bonchev–Trinajstić information content (AvgIpc) is 2.88. The molecular weight excluding hydrogens is 484 g/mol. The second kappa shape index (κ2) is 12.0. The van der Waals surface area contributed by atoms with Crippen molar-refractivity contribution in [3.8, 4) is 5.88 Å². The van der Waals surface area contributed by atoms with Crippen molar-refractivity contribution in [2.75, 3.05) is 23.5 Å². The van der Waals surface area contributed by atoms with Gasteiger partial charge in [0.05, 0.1) is 41.6 Å². The topological polar surface area (TPSA) is 159 Å². The molecule has 5 N–H and O–H groups in total. The van der Waals surface area contributed by atoms with Crippen LogP contribution in [0.4, 0.5) is 16.2 Å². The molecule has 0 unspecified atom stereocenters. The predicted octanol–water partition coefficient (Wildman–Crippen LogP) is 3.25. The Kier molecular flexibility index (Phi) is 8.52. The first-order valence-electron chi connectivity index (χ1n) is 11.6. The lowest BCUT2D eigenvalue weighted by Gasteiger charge is -2.28. The number of methoxy groups -OCH3 is 1. The molecule has 0 bridgehead atoms. The van der Waals surface area contributed by atoms with E-state index in [9.17, 15) is 14.7 Å². The fourth-order valence-electron chi connectivity index (χ4n) is 4.05. The number of thioether (sulfide) groups is 1. The summed E-state index contributed by atoms with van der Waals surface area (Å²) >= 11 is 1.52. The van der Waals surface area contributed by atoms with Crippen LogP contribution in [-0.2, 0) is 11.3 Å². The van der Waals surface area contributed by atoms with Crippen molar-refractivity contribution < 1.29 is 24.5 Å². The third kappa shape index (κ3) is 6.59. The number of ether oxygens (including phenoxy) is 1. The van der Waals surface area contributed by atoms with Crippen LogP contribution in [0.1, 0.15) is 31.4 Å². The summed E-state index contributed by atoms with van der Waals surface area (Å²) in [5, 5.41) is 27.1. The Balaban J connectivity index is 0.000000174. The van der Waals surface area contributed by atoms with Gasteiger partial charge >= 0.3 is 6.09 Å². The van der Waals surface area contributed by atoms with Gasteiger partial charge in [-0.25, -0.2) is 9.78 Å². The van der Waals surface area contributed by atoms with E-state index in [0.717, 1.165) is 35.5 Å². The van der Waals surface area contributed by atoms with Gasteiger partial charge in [-0.1, -0.05) is 12.8 Å². The number of anilines is 2. The maximum atomic E-state index is 11.4. The van der Waals surface area contributed by atoms with Crippen LogP contribution in [0.3, 0.4) is 0 Å². The lowest BCUT2D eigenvalue weighted by atomic mass is 9.92. The summed E-state index contributed by atoms with van der Waals surface area (Å²) in [7, 11) is 1.49. The van der Waals surface area contributed by atoms with E-state index in [1.165, 1.54) is 31.5 Å². The maximum Gasteiger partial charge on any atom is 0.409 e. The predicted molar refractivity (Wildman–Crippen MR) is 136 cm³/mol. The molecule has 36 heavy (non-hydrogen) atoms. The summed E-state index contributed by atoms with van der Waals surface area (Å²) in [6.45, 7) is 0.621. The molecule has 3 aromatic heterocycles. The molecular formula is C24H28N6O5S. The molecule has 0 radical (unpaired) electrons. The van der Waals surface area contributed by atoms with Gasteiger partial charge in [0.2, 0.25) is 11.8 Å². The number of amides is 2. The lowest BCUT2D eigenvalue weighted by molar-refractivity contribution is -0.113. The molecule has 12 heteroatoms. The van der Waals surface area contributed by atoms with E-state index in [4.69, 9.17) is 9.84 Å². The molecule has 1 aliphatic carbocycles. The van der Waals surface area contributed by atoms with Crippen LogP contribution in [0.15, 0.2) is 41.6 Å². The van der Waals surface area contributed by atoms with Crippen LogP contribution in [0, 0.1) is 0 Å². The number of rotatable bonds is 5. The number of hydrogen-bond acceptors (Lipinski definition) is 9. The summed E-state index contributed by atoms with van der Waals surface area (Å²) in [5.41, 5.74) is 3.19. The zero-order valence-electron chi connectivity index (χ0n) is 19.7. The molecule has 2 atom stereocenters. The minimum Gasteiger partial charge on any atom is -0.481 e. The molecule has 0 spiro atoms. The minimum absolute atomic E-state index is 0.0373. The molecule has 4 heterocycles. The monoisotopic (exact) mass is 512 g/mol. The third-order valence-corrected chi connectivity index (χ3v) is 6.88. The molecule has 1 fully saturated rings. The molecule has 190 valence electrons. The number of carbonyl (C=O) groups is 2. The number of aromatic nitrogens is 3. The summed E-state index contributed by atoms with van der Waals surface area (Å²) < 4.78 is 4.97. The molecule has 3 aromatic rings. The van der Waals surface area contributed by atoms with Crippen molar-refractivity contribution >= 4 is 46.2 Å². The second-order valence-electron chi connectivity index (χ2n) is 8.36. The van der Waals surface area contributed by atoms with Gasteiger partial charge in [0.15, 0.2) is 0 Å². The quantitative estimate of drug-likeness (QED) is 0.343. The number of carbonyl (C=O) groups excluding carboxylic acids is 1. The fraction of sp³-hybridized carbons (Fsp3) is 0.375. The van der Waals surface area contributed by atoms with Crippen LogP contribution in [0.5, 0.6) is 5.88 Å². The zero-order valence-corrected chi connectivity index (χ0v) is 20.5. The summed E-state index contributed by atoms with van der Waals surface area (Å²) in [6.07, 6.45) is 6.10. The second-order valence-corrected chi connectivity index (χ2v) is 9.38. The Labute approximate surface area is 212 Å². The highest BCUT2D eigenvalue weighted by atomic mass is 32.2. The van der Waals surface area contributed by atoms with E-state index >= 15 is 0 Å². The first kappa shape index (κ1) is 25.6. The minimum atomic E-state index is -1.14. The van der Waals surface area contributed by atoms with Crippen LogP contribution >= 0.6 is 11.8 Å². The van der Waals surface area contributed by atoms with Crippen molar-refractivity contribution in [1.82, 2.24) is 20.3 Å². The van der Waals surface area contributed by atoms with Crippen molar-refractivity contribution in [2.24, 2.45) is 0 Å². The number of carboxylic acid groups (broad SMARTS) is 1. The van der Waals surface area contributed by atoms with Crippen molar-refractivity contribution in [1.29, 1.82) is 0 Å². The van der Waals surface area contributed by atoms with Crippen molar-refractivity contribution in [3.05, 3.63) is 42.4 Å². The number of hydrogen-bond donors (Lipinski definition) is 5. The number of nitrogens with zero attached hydrogens (tertiary/aromatic N) is 3. The Morgan fingerprint density at radius 2 is 2.08 bits per heavy atom. The average molecular weight is 513 g/mol. The maximum absolute atomic E-state index is 11.4. The lowest BCUT2D eigenvalue weighted by Crippen LogP contribution is -2.41. The van der Waals surface area contributed by atoms with E-state index in [0.29, 0.717) is 34.9 Å². The summed E-state index contributed by atoms with van der Waals surface area (Å²) in [5.74, 6) is 0.907. The van der Waals surface area contributed by atoms with Gasteiger partial charge in [0, 0.05) is 35.9 Å². The molecule has 5 rings (SSSR count). The van der Waals surface area contributed by atoms with E-state index in [1.54, 1.807) is 18.2 Å². The Hall–Kier alpha value is -3.48. The standard InChI is InChI=1S/C14H19N3O2S.C10H9N3O3/c18-12-4-2-1-3-10(12)16-6-9-5-11-13(7-15-9)20-8-14(19)17-11;1-16-8-3-2-6-9(13-8)7(4-5-11-6)12-10(14)15/h5,7,10,12,16,18H,1-4,6,8H2,(H,17,19);2-5H,1H3,(H,11,12)(H,14,15)/t10-,12-;/m1./s1. The molecule has 1 saturated carbocycles. The van der Waals surface area contributed by atoms with Gasteiger partial charge in [0.25, 0.3) is 0 Å². The Morgan fingerprint density at radius 3 is 2.86 bits per heavy atom. The van der Waals surface area contributed by atoms with Crippen molar-refractivity contribution in [3.63, 3.8) is 0 Å². The molecule has 2 amide bonds. The van der Waals surface area contributed by atoms with Crippen LogP contribution in [-0.4, -0.2) is 62.2 Å². The molecule has 0 aromatic carbocycles. The zero-order chi connectivity index (χ0) is 25.5. The normalized spacial score (nSPS) is 18.9. The fourth-order valence-corrected chi connectivity index (χ4v) is 4.80. The van der Waals surface area contributed by atoms with Gasteiger partial charge in [-0.05, 0) is 31.0 Å². The number of fused-ring (bicyclic) bond motifs is 2. The van der Waals surface area contributed by atoms with Crippen LogP contribution in [0.25, 0.3) is 11.0 Å². The van der Waals surface area contributed by atoms with Crippen LogP contribution in [0.2, 0.25) is 0 Å². The number of aliphatic hydroxyl groups is 1. The summed E-state index contributed by atoms with van der Waals surface area (Å²) in [6, 6.07) is 7.00. The smallest absolute Gasteiger partial charge is 0.409 e. The van der Waals surface area contributed by atoms with Gasteiger partial charge < -0.3 is 25.6 Å². The van der Waals surface area contributed by atoms with E-state index < -0.39 is 6.09 Å². The van der Waals surface area contributed by atoms with E-state index in [2.05, 4.69) is 30.9 Å². The van der Waals surface area contributed by atoms with Gasteiger partial charge in [-0.2, -0.15) is 0 Å². The first-order chi connectivity index (χ1) is 17.4. The van der Waals surface area contributed by atoms with Crippen LogP contribution < -0.4 is 20.7 Å². The third-order valence-electron chi connectivity index (χ3n) is 5.84. The Morgan fingerprint density at radius 1 is 1.25 bits per heavy atom. The van der Waals surface area contributed by atoms with Gasteiger partial charge in [-0.15, -0.1) is 11.8 Å². The summed E-state index contributed by atoms with van der Waals surface area (Å²) in [4.78, 5) is 35.6. The number of aliphatic hydroxyl groups excluding tert-OH is 1. The molecule has 11 nitrogen and oxygen atoms in total. The van der Waals surface area contributed by atoms with Gasteiger partial charge in [-0.3, -0.25) is 20.1 Å². The SMILES string of the molecule is COc1ccc2nccc(NC(=O)O)c2n1.O=C1CSc2cnc(CN[C@@H]3CCCC[C@H]3O)cc2N1. The first-order valence-corrected chi connectivity index (χ1v) is 12.5. The highest BCUT2D eigenvalue weighted by molar-refractivity contribution is 8.00. The molecule has 2 aliphatic rings. The number of pyridine rings is 3.